The summed E-state index contributed by atoms with van der Waals surface area (Å²) in [5, 5.41) is 12.2. The molecule has 0 spiro atoms. The third-order valence-corrected chi connectivity index (χ3v) is 3.61. The maximum Gasteiger partial charge on any atom is 0.308 e. The maximum absolute atomic E-state index is 10.8. The predicted octanol–water partition coefficient (Wildman–Crippen LogP) is 0.555. The van der Waals surface area contributed by atoms with E-state index in [2.05, 4.69) is 5.32 Å². The lowest BCUT2D eigenvalue weighted by Crippen LogP contribution is -2.40. The largest absolute Gasteiger partial charge is 0.481 e. The Kier molecular flexibility index (Phi) is 2.28. The van der Waals surface area contributed by atoms with Crippen LogP contribution in [0.2, 0.25) is 0 Å². The van der Waals surface area contributed by atoms with Crippen molar-refractivity contribution in [3.63, 3.8) is 0 Å². The van der Waals surface area contributed by atoms with E-state index in [0.717, 1.165) is 11.5 Å². The van der Waals surface area contributed by atoms with E-state index in [-0.39, 0.29) is 12.0 Å². The molecule has 0 aromatic rings. The van der Waals surface area contributed by atoms with Crippen molar-refractivity contribution < 1.29 is 9.90 Å². The van der Waals surface area contributed by atoms with Gasteiger partial charge in [-0.25, -0.2) is 0 Å². The molecule has 0 aromatic carbocycles. The highest BCUT2D eigenvalue weighted by molar-refractivity contribution is 7.99. The van der Waals surface area contributed by atoms with Gasteiger partial charge in [0.15, 0.2) is 0 Å². The van der Waals surface area contributed by atoms with Crippen LogP contribution in [-0.2, 0) is 4.79 Å². The van der Waals surface area contributed by atoms with Gasteiger partial charge in [0.2, 0.25) is 0 Å². The van der Waals surface area contributed by atoms with Crippen LogP contribution < -0.4 is 5.32 Å². The number of hydrogen-bond acceptors (Lipinski definition) is 3. The highest BCUT2D eigenvalue weighted by atomic mass is 32.2. The van der Waals surface area contributed by atoms with Crippen LogP contribution in [0.15, 0.2) is 0 Å². The first-order valence-electron chi connectivity index (χ1n) is 4.34. The summed E-state index contributed by atoms with van der Waals surface area (Å²) in [5.41, 5.74) is 0. The van der Waals surface area contributed by atoms with Crippen LogP contribution in [-0.4, -0.2) is 34.7 Å². The number of aliphatic carboxylic acids is 1. The molecule has 4 heteroatoms. The fourth-order valence-corrected chi connectivity index (χ4v) is 2.86. The van der Waals surface area contributed by atoms with Crippen molar-refractivity contribution in [2.45, 2.75) is 24.9 Å². The molecule has 1 saturated heterocycles. The lowest BCUT2D eigenvalue weighted by atomic mass is 10.0. The fraction of sp³-hybridized carbons (Fsp3) is 0.875. The van der Waals surface area contributed by atoms with E-state index in [0.29, 0.717) is 6.04 Å². The second kappa shape index (κ2) is 3.26. The van der Waals surface area contributed by atoms with Gasteiger partial charge in [-0.05, 0) is 12.8 Å². The topological polar surface area (TPSA) is 49.3 Å². The van der Waals surface area contributed by atoms with Crippen molar-refractivity contribution in [1.29, 1.82) is 0 Å². The molecule has 1 heterocycles. The van der Waals surface area contributed by atoms with Crippen molar-refractivity contribution in [3.8, 4) is 0 Å². The second-order valence-corrected chi connectivity index (χ2v) is 4.60. The van der Waals surface area contributed by atoms with E-state index in [1.807, 2.05) is 0 Å². The minimum absolute atomic E-state index is 0.157. The molecule has 2 unspecified atom stereocenters. The Morgan fingerprint density at radius 2 is 2.17 bits per heavy atom. The average Bonchev–Trinajstić information content (AvgIpc) is 2.66. The molecular formula is C8H13NO2S. The molecule has 1 saturated carbocycles. The summed E-state index contributed by atoms with van der Waals surface area (Å²) in [6.07, 6.45) is 2.46. The van der Waals surface area contributed by atoms with Crippen LogP contribution in [0.1, 0.15) is 12.8 Å². The molecule has 2 fully saturated rings. The summed E-state index contributed by atoms with van der Waals surface area (Å²) < 4.78 is 0. The summed E-state index contributed by atoms with van der Waals surface area (Å²) in [6.45, 7) is 0. The Bertz CT molecular complexity index is 193. The zero-order valence-electron chi connectivity index (χ0n) is 6.82. The van der Waals surface area contributed by atoms with Crippen LogP contribution in [0.25, 0.3) is 0 Å². The van der Waals surface area contributed by atoms with Crippen LogP contribution >= 0.6 is 11.8 Å². The first kappa shape index (κ1) is 8.38. The number of nitrogens with one attached hydrogen (secondary N) is 1. The molecule has 12 heavy (non-hydrogen) atoms. The molecule has 0 aromatic heterocycles. The highest BCUT2D eigenvalue weighted by Gasteiger charge is 2.36. The molecule has 1 aliphatic carbocycles. The number of carboxylic acid groups (broad SMARTS) is 1. The summed E-state index contributed by atoms with van der Waals surface area (Å²) in [4.78, 5) is 10.8. The second-order valence-electron chi connectivity index (χ2n) is 3.53. The van der Waals surface area contributed by atoms with Gasteiger partial charge in [0, 0.05) is 23.6 Å². The van der Waals surface area contributed by atoms with Crippen LogP contribution in [0, 0.1) is 5.92 Å². The van der Waals surface area contributed by atoms with Gasteiger partial charge in [0.25, 0.3) is 0 Å². The zero-order chi connectivity index (χ0) is 8.55. The van der Waals surface area contributed by atoms with Gasteiger partial charge in [-0.3, -0.25) is 4.79 Å². The highest BCUT2D eigenvalue weighted by Crippen LogP contribution is 2.28. The van der Waals surface area contributed by atoms with E-state index < -0.39 is 5.97 Å². The third-order valence-electron chi connectivity index (χ3n) is 2.42. The van der Waals surface area contributed by atoms with Crippen molar-refractivity contribution in [2.75, 3.05) is 11.5 Å². The molecule has 0 bridgehead atoms. The summed E-state index contributed by atoms with van der Waals surface area (Å²) >= 11 is 1.75. The molecule has 0 amide bonds. The van der Waals surface area contributed by atoms with Crippen molar-refractivity contribution >= 4 is 17.7 Å². The first-order valence-corrected chi connectivity index (χ1v) is 5.49. The van der Waals surface area contributed by atoms with Gasteiger partial charge in [-0.2, -0.15) is 11.8 Å². The molecule has 2 aliphatic rings. The SMILES string of the molecule is O=C(O)C1CSCC1NC1CC1. The van der Waals surface area contributed by atoms with Crippen LogP contribution in [0.3, 0.4) is 0 Å². The first-order chi connectivity index (χ1) is 5.77. The lowest BCUT2D eigenvalue weighted by Gasteiger charge is -2.15. The summed E-state index contributed by atoms with van der Waals surface area (Å²) in [7, 11) is 0. The number of thioether (sulfide) groups is 1. The van der Waals surface area contributed by atoms with Gasteiger partial charge < -0.3 is 10.4 Å². The molecule has 2 atom stereocenters. The minimum atomic E-state index is -0.641. The maximum atomic E-state index is 10.8. The Morgan fingerprint density at radius 1 is 1.42 bits per heavy atom. The zero-order valence-corrected chi connectivity index (χ0v) is 7.64. The number of carboxylic acids is 1. The van der Waals surface area contributed by atoms with Gasteiger partial charge in [-0.15, -0.1) is 0 Å². The Labute approximate surface area is 75.9 Å². The van der Waals surface area contributed by atoms with E-state index in [4.69, 9.17) is 5.11 Å². The van der Waals surface area contributed by atoms with E-state index in [9.17, 15) is 4.79 Å². The van der Waals surface area contributed by atoms with Gasteiger partial charge >= 0.3 is 5.97 Å². The van der Waals surface area contributed by atoms with E-state index in [1.165, 1.54) is 12.8 Å². The van der Waals surface area contributed by atoms with Crippen molar-refractivity contribution in [1.82, 2.24) is 5.32 Å². The van der Waals surface area contributed by atoms with Gasteiger partial charge in [0.1, 0.15) is 0 Å². The standard InChI is InChI=1S/C8H13NO2S/c10-8(11)6-3-12-4-7(6)9-5-1-2-5/h5-7,9H,1-4H2,(H,10,11). The van der Waals surface area contributed by atoms with E-state index in [1.54, 1.807) is 11.8 Å². The average molecular weight is 187 g/mol. The van der Waals surface area contributed by atoms with Crippen molar-refractivity contribution in [2.24, 2.45) is 5.92 Å². The lowest BCUT2D eigenvalue weighted by molar-refractivity contribution is -0.141. The Hall–Kier alpha value is -0.220. The van der Waals surface area contributed by atoms with Crippen LogP contribution in [0.5, 0.6) is 0 Å². The number of hydrogen-bond donors (Lipinski definition) is 2. The third kappa shape index (κ3) is 1.75. The molecular weight excluding hydrogens is 174 g/mol. The van der Waals surface area contributed by atoms with Gasteiger partial charge in [-0.1, -0.05) is 0 Å². The summed E-state index contributed by atoms with van der Waals surface area (Å²) in [6, 6.07) is 0.843. The molecule has 3 nitrogen and oxygen atoms in total. The molecule has 0 radical (unpaired) electrons. The van der Waals surface area contributed by atoms with E-state index >= 15 is 0 Å². The Balaban J connectivity index is 1.88. The summed E-state index contributed by atoms with van der Waals surface area (Å²) in [5.74, 6) is 0.946. The monoisotopic (exact) mass is 187 g/mol. The molecule has 2 rings (SSSR count). The molecule has 1 aliphatic heterocycles. The smallest absolute Gasteiger partial charge is 0.308 e. The number of rotatable bonds is 3. The Morgan fingerprint density at radius 3 is 2.75 bits per heavy atom. The molecule has 2 N–H and O–H groups in total. The minimum Gasteiger partial charge on any atom is -0.481 e. The molecule has 68 valence electrons. The normalized spacial score (nSPS) is 35.3. The predicted molar refractivity (Wildman–Crippen MR) is 48.4 cm³/mol. The quantitative estimate of drug-likeness (QED) is 0.677. The van der Waals surface area contributed by atoms with Crippen LogP contribution in [0.4, 0.5) is 0 Å². The number of carbonyl (C=O) groups is 1. The van der Waals surface area contributed by atoms with Crippen molar-refractivity contribution in [3.05, 3.63) is 0 Å². The fourth-order valence-electron chi connectivity index (χ4n) is 1.51. The van der Waals surface area contributed by atoms with Gasteiger partial charge in [0.05, 0.1) is 5.92 Å².